The first kappa shape index (κ1) is 19.1. The van der Waals surface area contributed by atoms with Gasteiger partial charge >= 0.3 is 0 Å². The van der Waals surface area contributed by atoms with Crippen molar-refractivity contribution in [2.45, 2.75) is 6.92 Å². The van der Waals surface area contributed by atoms with E-state index in [9.17, 15) is 0 Å². The summed E-state index contributed by atoms with van der Waals surface area (Å²) in [6.45, 7) is 2.68. The van der Waals surface area contributed by atoms with E-state index in [-0.39, 0.29) is 0 Å². The Morgan fingerprint density at radius 1 is 0.484 bits per heavy atom. The van der Waals surface area contributed by atoms with Crippen molar-refractivity contribution in [1.29, 1.82) is 0 Å². The van der Waals surface area contributed by atoms with Gasteiger partial charge in [0.15, 0.2) is 0 Å². The summed E-state index contributed by atoms with van der Waals surface area (Å²) in [5, 5.41) is 2.35. The van der Waals surface area contributed by atoms with Gasteiger partial charge in [-0.2, -0.15) is 0 Å². The van der Waals surface area contributed by atoms with Crippen molar-refractivity contribution in [1.82, 2.24) is 0 Å². The standard InChI is InChI=1S/C30H24O/c1-2-31-30-18-17-27(28-15-9-10-16-29(28)30)26-20-24(22-11-5-3-6-12-22)19-25(21-26)23-13-7-4-8-14-23/h3-21H,2H2,1H3. The van der Waals surface area contributed by atoms with Crippen molar-refractivity contribution in [3.63, 3.8) is 0 Å². The Morgan fingerprint density at radius 2 is 1.00 bits per heavy atom. The molecular formula is C30H24O. The van der Waals surface area contributed by atoms with Crippen LogP contribution in [0, 0.1) is 0 Å². The highest BCUT2D eigenvalue weighted by Crippen LogP contribution is 2.38. The monoisotopic (exact) mass is 400 g/mol. The molecule has 0 atom stereocenters. The molecule has 0 radical (unpaired) electrons. The lowest BCUT2D eigenvalue weighted by atomic mass is 9.91. The summed E-state index contributed by atoms with van der Waals surface area (Å²) in [7, 11) is 0. The molecule has 0 N–H and O–H groups in total. The quantitative estimate of drug-likeness (QED) is 0.289. The Hall–Kier alpha value is -3.84. The maximum Gasteiger partial charge on any atom is 0.127 e. The fraction of sp³-hybridized carbons (Fsp3) is 0.0667. The van der Waals surface area contributed by atoms with Crippen LogP contribution in [0.1, 0.15) is 6.92 Å². The topological polar surface area (TPSA) is 9.23 Å². The normalized spacial score (nSPS) is 10.9. The second-order valence-electron chi connectivity index (χ2n) is 7.62. The van der Waals surface area contributed by atoms with Crippen molar-refractivity contribution in [3.05, 3.63) is 115 Å². The number of rotatable bonds is 5. The molecule has 5 aromatic rings. The van der Waals surface area contributed by atoms with Gasteiger partial charge in [-0.25, -0.2) is 0 Å². The molecule has 31 heavy (non-hydrogen) atoms. The first-order valence-corrected chi connectivity index (χ1v) is 10.7. The number of benzene rings is 5. The molecule has 1 heteroatoms. The Labute approximate surface area is 183 Å². The summed E-state index contributed by atoms with van der Waals surface area (Å²) in [5.41, 5.74) is 7.30. The Kier molecular flexibility index (Phi) is 5.24. The molecule has 0 aromatic heterocycles. The average Bonchev–Trinajstić information content (AvgIpc) is 2.85. The van der Waals surface area contributed by atoms with Crippen molar-refractivity contribution in [2.24, 2.45) is 0 Å². The fourth-order valence-corrected chi connectivity index (χ4v) is 4.18. The van der Waals surface area contributed by atoms with Crippen LogP contribution in [0.3, 0.4) is 0 Å². The van der Waals surface area contributed by atoms with Gasteiger partial charge in [0, 0.05) is 5.39 Å². The molecule has 0 saturated carbocycles. The van der Waals surface area contributed by atoms with Gasteiger partial charge in [-0.15, -0.1) is 0 Å². The van der Waals surface area contributed by atoms with Crippen molar-refractivity contribution in [2.75, 3.05) is 6.61 Å². The molecular weight excluding hydrogens is 376 g/mol. The maximum atomic E-state index is 5.90. The summed E-state index contributed by atoms with van der Waals surface area (Å²) in [6.07, 6.45) is 0. The van der Waals surface area contributed by atoms with E-state index in [1.54, 1.807) is 0 Å². The third-order valence-electron chi connectivity index (χ3n) is 5.64. The molecule has 0 saturated heterocycles. The minimum Gasteiger partial charge on any atom is -0.493 e. The van der Waals surface area contributed by atoms with Crippen molar-refractivity contribution < 1.29 is 4.74 Å². The van der Waals surface area contributed by atoms with E-state index in [4.69, 9.17) is 4.74 Å². The van der Waals surface area contributed by atoms with Crippen LogP contribution in [0.2, 0.25) is 0 Å². The minimum absolute atomic E-state index is 0.658. The van der Waals surface area contributed by atoms with Gasteiger partial charge in [0.25, 0.3) is 0 Å². The Morgan fingerprint density at radius 3 is 1.58 bits per heavy atom. The predicted molar refractivity (Wildman–Crippen MR) is 131 cm³/mol. The van der Waals surface area contributed by atoms with Crippen LogP contribution >= 0.6 is 0 Å². The zero-order valence-electron chi connectivity index (χ0n) is 17.6. The summed E-state index contributed by atoms with van der Waals surface area (Å²) in [5.74, 6) is 0.935. The van der Waals surface area contributed by atoms with Gasteiger partial charge in [-0.3, -0.25) is 0 Å². The van der Waals surface area contributed by atoms with Crippen LogP contribution in [0.4, 0.5) is 0 Å². The highest BCUT2D eigenvalue weighted by Gasteiger charge is 2.12. The lowest BCUT2D eigenvalue weighted by molar-refractivity contribution is 0.344. The smallest absolute Gasteiger partial charge is 0.127 e. The van der Waals surface area contributed by atoms with Gasteiger partial charge in [0.05, 0.1) is 6.61 Å². The Bertz CT molecular complexity index is 1260. The molecule has 0 amide bonds. The van der Waals surface area contributed by atoms with Crippen LogP contribution < -0.4 is 4.74 Å². The van der Waals surface area contributed by atoms with E-state index in [0.29, 0.717) is 6.61 Å². The maximum absolute atomic E-state index is 5.90. The zero-order chi connectivity index (χ0) is 21.0. The average molecular weight is 401 g/mol. The fourth-order valence-electron chi connectivity index (χ4n) is 4.18. The van der Waals surface area contributed by atoms with E-state index >= 15 is 0 Å². The summed E-state index contributed by atoms with van der Waals surface area (Å²) in [6, 6.07) is 40.8. The molecule has 1 nitrogen and oxygen atoms in total. The Balaban J connectivity index is 1.75. The molecule has 0 heterocycles. The second kappa shape index (κ2) is 8.49. The minimum atomic E-state index is 0.658. The van der Waals surface area contributed by atoms with E-state index in [1.165, 1.54) is 38.8 Å². The van der Waals surface area contributed by atoms with E-state index < -0.39 is 0 Å². The van der Waals surface area contributed by atoms with E-state index in [2.05, 4.69) is 115 Å². The largest absolute Gasteiger partial charge is 0.493 e. The number of hydrogen-bond acceptors (Lipinski definition) is 1. The summed E-state index contributed by atoms with van der Waals surface area (Å²) in [4.78, 5) is 0. The van der Waals surface area contributed by atoms with Gasteiger partial charge in [0.1, 0.15) is 5.75 Å². The molecule has 5 aromatic carbocycles. The molecule has 0 bridgehead atoms. The summed E-state index contributed by atoms with van der Waals surface area (Å²) >= 11 is 0. The van der Waals surface area contributed by atoms with Crippen molar-refractivity contribution in [3.8, 4) is 39.1 Å². The highest BCUT2D eigenvalue weighted by atomic mass is 16.5. The molecule has 5 rings (SSSR count). The summed E-state index contributed by atoms with van der Waals surface area (Å²) < 4.78 is 5.90. The number of fused-ring (bicyclic) bond motifs is 1. The van der Waals surface area contributed by atoms with E-state index in [0.717, 1.165) is 11.1 Å². The zero-order valence-corrected chi connectivity index (χ0v) is 17.6. The van der Waals surface area contributed by atoms with Crippen LogP contribution in [0.5, 0.6) is 5.75 Å². The van der Waals surface area contributed by atoms with Crippen LogP contribution in [-0.2, 0) is 0 Å². The lowest BCUT2D eigenvalue weighted by Crippen LogP contribution is -1.93. The molecule has 0 spiro atoms. The van der Waals surface area contributed by atoms with Crippen LogP contribution in [0.15, 0.2) is 115 Å². The molecule has 0 aliphatic heterocycles. The first-order chi connectivity index (χ1) is 15.3. The van der Waals surface area contributed by atoms with Gasteiger partial charge in [-0.05, 0) is 70.0 Å². The van der Waals surface area contributed by atoms with Crippen LogP contribution in [0.25, 0.3) is 44.2 Å². The number of ether oxygens (including phenoxy) is 1. The highest BCUT2D eigenvalue weighted by molar-refractivity contribution is 6.01. The third kappa shape index (κ3) is 3.83. The third-order valence-corrected chi connectivity index (χ3v) is 5.64. The number of hydrogen-bond donors (Lipinski definition) is 0. The van der Waals surface area contributed by atoms with Gasteiger partial charge in [-0.1, -0.05) is 91.0 Å². The molecule has 150 valence electrons. The molecule has 0 fully saturated rings. The lowest BCUT2D eigenvalue weighted by Gasteiger charge is -2.15. The van der Waals surface area contributed by atoms with Gasteiger partial charge in [0.2, 0.25) is 0 Å². The molecule has 0 aliphatic rings. The van der Waals surface area contributed by atoms with Crippen molar-refractivity contribution >= 4 is 10.8 Å². The van der Waals surface area contributed by atoms with Gasteiger partial charge < -0.3 is 4.74 Å². The van der Waals surface area contributed by atoms with E-state index in [1.807, 2.05) is 6.92 Å². The second-order valence-corrected chi connectivity index (χ2v) is 7.62. The SMILES string of the molecule is CCOc1ccc(-c2cc(-c3ccccc3)cc(-c3ccccc3)c2)c2ccccc12. The predicted octanol–water partition coefficient (Wildman–Crippen LogP) is 8.24. The molecule has 0 unspecified atom stereocenters. The molecule has 0 aliphatic carbocycles. The van der Waals surface area contributed by atoms with Crippen LogP contribution in [-0.4, -0.2) is 6.61 Å². The first-order valence-electron chi connectivity index (χ1n) is 10.7.